The van der Waals surface area contributed by atoms with Gasteiger partial charge in [0.15, 0.2) is 0 Å². The lowest BCUT2D eigenvalue weighted by Gasteiger charge is -2.19. The smallest absolute Gasteiger partial charge is 0.00489 e. The highest BCUT2D eigenvalue weighted by atomic mass is 14.5. The van der Waals surface area contributed by atoms with Gasteiger partial charge in [-0.15, -0.1) is 0 Å². The van der Waals surface area contributed by atoms with Crippen LogP contribution in [0.25, 0.3) is 0 Å². The van der Waals surface area contributed by atoms with Crippen LogP contribution in [0.2, 0.25) is 0 Å². The fourth-order valence-electron chi connectivity index (χ4n) is 1.62. The summed E-state index contributed by atoms with van der Waals surface area (Å²) in [6, 6.07) is 0. The predicted octanol–water partition coefficient (Wildman–Crippen LogP) is 3.43. The molecule has 80 valence electrons. The first kappa shape index (κ1) is 13.0. The Morgan fingerprint density at radius 1 is 1.00 bits per heavy atom. The zero-order chi connectivity index (χ0) is 10.3. The van der Waals surface area contributed by atoms with Crippen molar-refractivity contribution >= 4 is 0 Å². The standard InChI is InChI=1S/C12H27N/c1-5-6-12(9-13)8-7-11(4)10(2)3/h10-12H,5-9,13H2,1-4H3. The largest absolute Gasteiger partial charge is 0.330 e. The van der Waals surface area contributed by atoms with Gasteiger partial charge >= 0.3 is 0 Å². The highest BCUT2D eigenvalue weighted by Gasteiger charge is 2.10. The first-order valence-electron chi connectivity index (χ1n) is 5.81. The molecule has 0 saturated heterocycles. The van der Waals surface area contributed by atoms with Crippen LogP contribution < -0.4 is 5.73 Å². The molecule has 0 aromatic rings. The summed E-state index contributed by atoms with van der Waals surface area (Å²) in [5.41, 5.74) is 5.72. The van der Waals surface area contributed by atoms with Crippen LogP contribution in [0.5, 0.6) is 0 Å². The van der Waals surface area contributed by atoms with Crippen molar-refractivity contribution in [1.29, 1.82) is 0 Å². The van der Waals surface area contributed by atoms with Gasteiger partial charge < -0.3 is 5.73 Å². The minimum atomic E-state index is 0.770. The SMILES string of the molecule is CCCC(CN)CCC(C)C(C)C. The zero-order valence-electron chi connectivity index (χ0n) is 9.84. The molecule has 0 aromatic carbocycles. The van der Waals surface area contributed by atoms with E-state index in [1.165, 1.54) is 25.7 Å². The Hall–Kier alpha value is -0.0400. The van der Waals surface area contributed by atoms with Crippen molar-refractivity contribution in [3.8, 4) is 0 Å². The van der Waals surface area contributed by atoms with Gasteiger partial charge in [-0.3, -0.25) is 0 Å². The topological polar surface area (TPSA) is 26.0 Å². The minimum absolute atomic E-state index is 0.770. The van der Waals surface area contributed by atoms with Crippen molar-refractivity contribution < 1.29 is 0 Å². The molecular weight excluding hydrogens is 158 g/mol. The van der Waals surface area contributed by atoms with Crippen molar-refractivity contribution in [3.63, 3.8) is 0 Å². The van der Waals surface area contributed by atoms with Gasteiger partial charge in [0.05, 0.1) is 0 Å². The molecule has 0 aliphatic carbocycles. The maximum absolute atomic E-state index is 5.72. The zero-order valence-corrected chi connectivity index (χ0v) is 9.84. The van der Waals surface area contributed by atoms with Crippen LogP contribution in [-0.4, -0.2) is 6.54 Å². The number of nitrogens with two attached hydrogens (primary N) is 1. The van der Waals surface area contributed by atoms with Crippen LogP contribution in [0, 0.1) is 17.8 Å². The van der Waals surface area contributed by atoms with Crippen molar-refractivity contribution in [2.24, 2.45) is 23.5 Å². The summed E-state index contributed by atoms with van der Waals surface area (Å²) in [6.45, 7) is 10.1. The first-order chi connectivity index (χ1) is 6.11. The van der Waals surface area contributed by atoms with E-state index in [0.29, 0.717) is 0 Å². The van der Waals surface area contributed by atoms with E-state index in [4.69, 9.17) is 5.73 Å². The van der Waals surface area contributed by atoms with Gasteiger partial charge in [-0.1, -0.05) is 40.5 Å². The van der Waals surface area contributed by atoms with Gasteiger partial charge in [0.1, 0.15) is 0 Å². The van der Waals surface area contributed by atoms with E-state index in [2.05, 4.69) is 27.7 Å². The van der Waals surface area contributed by atoms with Crippen molar-refractivity contribution in [1.82, 2.24) is 0 Å². The third-order valence-electron chi connectivity index (χ3n) is 3.20. The fourth-order valence-corrected chi connectivity index (χ4v) is 1.62. The molecule has 0 radical (unpaired) electrons. The lowest BCUT2D eigenvalue weighted by atomic mass is 9.88. The maximum Gasteiger partial charge on any atom is -0.00489 e. The molecule has 13 heavy (non-hydrogen) atoms. The Morgan fingerprint density at radius 2 is 1.62 bits per heavy atom. The molecule has 1 nitrogen and oxygen atoms in total. The average molecular weight is 185 g/mol. The predicted molar refractivity (Wildman–Crippen MR) is 60.7 cm³/mol. The van der Waals surface area contributed by atoms with Crippen molar-refractivity contribution in [3.05, 3.63) is 0 Å². The Labute approximate surface area is 84.1 Å². The van der Waals surface area contributed by atoms with E-state index in [0.717, 1.165) is 24.3 Å². The number of hydrogen-bond donors (Lipinski definition) is 1. The molecule has 0 amide bonds. The van der Waals surface area contributed by atoms with Crippen molar-refractivity contribution in [2.75, 3.05) is 6.54 Å². The average Bonchev–Trinajstić information content (AvgIpc) is 2.11. The summed E-state index contributed by atoms with van der Waals surface area (Å²) in [4.78, 5) is 0. The molecule has 0 fully saturated rings. The van der Waals surface area contributed by atoms with Crippen LogP contribution in [0.4, 0.5) is 0 Å². The molecule has 0 aliphatic rings. The van der Waals surface area contributed by atoms with E-state index in [1.54, 1.807) is 0 Å². The summed E-state index contributed by atoms with van der Waals surface area (Å²) < 4.78 is 0. The minimum Gasteiger partial charge on any atom is -0.330 e. The van der Waals surface area contributed by atoms with Crippen LogP contribution in [0.1, 0.15) is 53.4 Å². The maximum atomic E-state index is 5.72. The highest BCUT2D eigenvalue weighted by molar-refractivity contribution is 4.64. The molecular formula is C12H27N. The van der Waals surface area contributed by atoms with Gasteiger partial charge in [0.25, 0.3) is 0 Å². The molecule has 2 N–H and O–H groups in total. The van der Waals surface area contributed by atoms with E-state index < -0.39 is 0 Å². The second-order valence-electron chi connectivity index (χ2n) is 4.69. The Kier molecular flexibility index (Phi) is 7.35. The Balaban J connectivity index is 3.58. The second kappa shape index (κ2) is 7.37. The molecule has 0 spiro atoms. The lowest BCUT2D eigenvalue weighted by molar-refractivity contribution is 0.335. The van der Waals surface area contributed by atoms with Gasteiger partial charge in [-0.05, 0) is 37.1 Å². The molecule has 2 unspecified atom stereocenters. The van der Waals surface area contributed by atoms with Crippen LogP contribution in [0.15, 0.2) is 0 Å². The third-order valence-corrected chi connectivity index (χ3v) is 3.20. The molecule has 1 heteroatoms. The van der Waals surface area contributed by atoms with E-state index >= 15 is 0 Å². The Bertz CT molecular complexity index is 110. The van der Waals surface area contributed by atoms with Crippen LogP contribution in [0.3, 0.4) is 0 Å². The molecule has 0 bridgehead atoms. The van der Waals surface area contributed by atoms with Crippen LogP contribution >= 0.6 is 0 Å². The molecule has 0 rings (SSSR count). The summed E-state index contributed by atoms with van der Waals surface area (Å²) >= 11 is 0. The van der Waals surface area contributed by atoms with Gasteiger partial charge in [-0.2, -0.15) is 0 Å². The van der Waals surface area contributed by atoms with Gasteiger partial charge in [-0.25, -0.2) is 0 Å². The summed E-state index contributed by atoms with van der Waals surface area (Å²) in [7, 11) is 0. The molecule has 2 atom stereocenters. The summed E-state index contributed by atoms with van der Waals surface area (Å²) in [5.74, 6) is 2.44. The van der Waals surface area contributed by atoms with Crippen molar-refractivity contribution in [2.45, 2.75) is 53.4 Å². The number of hydrogen-bond acceptors (Lipinski definition) is 1. The van der Waals surface area contributed by atoms with Gasteiger partial charge in [0.2, 0.25) is 0 Å². The third kappa shape index (κ3) is 6.09. The molecule has 0 aliphatic heterocycles. The first-order valence-corrected chi connectivity index (χ1v) is 5.81. The quantitative estimate of drug-likeness (QED) is 0.646. The van der Waals surface area contributed by atoms with Gasteiger partial charge in [0, 0.05) is 0 Å². The molecule has 0 saturated carbocycles. The fraction of sp³-hybridized carbons (Fsp3) is 1.00. The molecule has 0 aromatic heterocycles. The molecule has 0 heterocycles. The van der Waals surface area contributed by atoms with E-state index in [-0.39, 0.29) is 0 Å². The second-order valence-corrected chi connectivity index (χ2v) is 4.69. The monoisotopic (exact) mass is 185 g/mol. The van der Waals surface area contributed by atoms with Crippen LogP contribution in [-0.2, 0) is 0 Å². The van der Waals surface area contributed by atoms with E-state index in [1.807, 2.05) is 0 Å². The number of rotatable bonds is 7. The lowest BCUT2D eigenvalue weighted by Crippen LogP contribution is -2.16. The Morgan fingerprint density at radius 3 is 2.00 bits per heavy atom. The normalized spacial score (nSPS) is 16.2. The van der Waals surface area contributed by atoms with E-state index in [9.17, 15) is 0 Å². The highest BCUT2D eigenvalue weighted by Crippen LogP contribution is 2.21. The summed E-state index contributed by atoms with van der Waals surface area (Å²) in [5, 5.41) is 0. The summed E-state index contributed by atoms with van der Waals surface area (Å²) in [6.07, 6.45) is 5.25.